The van der Waals surface area contributed by atoms with E-state index in [9.17, 15) is 0 Å². The Hall–Kier alpha value is -2.40. The number of hydrogen-bond donors (Lipinski definition) is 1. The van der Waals surface area contributed by atoms with Crippen molar-refractivity contribution in [2.24, 2.45) is 0 Å². The molecule has 0 amide bonds. The van der Waals surface area contributed by atoms with Crippen LogP contribution in [0.25, 0.3) is 6.08 Å². The lowest BCUT2D eigenvalue weighted by molar-refractivity contribution is 0.256. The van der Waals surface area contributed by atoms with Crippen molar-refractivity contribution in [3.8, 4) is 5.75 Å². The molecule has 1 aromatic heterocycles. The van der Waals surface area contributed by atoms with E-state index in [4.69, 9.17) is 9.72 Å². The predicted molar refractivity (Wildman–Crippen MR) is 104 cm³/mol. The number of para-hydroxylation sites is 1. The number of ether oxygens (including phenoxy) is 1. The van der Waals surface area contributed by atoms with Gasteiger partial charge in [-0.3, -0.25) is 4.90 Å². The summed E-state index contributed by atoms with van der Waals surface area (Å²) in [7, 11) is 0. The second kappa shape index (κ2) is 7.46. The Morgan fingerprint density at radius 3 is 3.04 bits per heavy atom. The summed E-state index contributed by atoms with van der Waals surface area (Å²) in [6.07, 6.45) is 4.63. The monoisotopic (exact) mass is 350 g/mol. The van der Waals surface area contributed by atoms with E-state index in [2.05, 4.69) is 46.4 Å². The summed E-state index contributed by atoms with van der Waals surface area (Å²) in [6, 6.07) is 10.7. The standard InChI is InChI=1S/C21H26N4O/c1-3-22-21-12-18(23-15(2)24-21)19-8-6-10-25(19)13-16-11-17-7-4-5-9-20(17)26-14-16/h4-5,7,9,11-12,19H,3,6,8,10,13-14H2,1-2H3,(H,22,23,24). The average molecular weight is 350 g/mol. The minimum atomic E-state index is 0.354. The first kappa shape index (κ1) is 17.0. The number of nitrogens with zero attached hydrogens (tertiary/aromatic N) is 3. The molecule has 2 aliphatic rings. The van der Waals surface area contributed by atoms with Crippen LogP contribution in [0.1, 0.15) is 42.9 Å². The molecule has 2 aliphatic heterocycles. The lowest BCUT2D eigenvalue weighted by Crippen LogP contribution is -2.28. The minimum absolute atomic E-state index is 0.354. The van der Waals surface area contributed by atoms with Crippen LogP contribution in [0.3, 0.4) is 0 Å². The summed E-state index contributed by atoms with van der Waals surface area (Å²) in [5.41, 5.74) is 3.63. The number of anilines is 1. The number of aromatic nitrogens is 2. The van der Waals surface area contributed by atoms with Crippen molar-refractivity contribution in [1.82, 2.24) is 14.9 Å². The van der Waals surface area contributed by atoms with Gasteiger partial charge in [0.1, 0.15) is 24.0 Å². The maximum absolute atomic E-state index is 5.93. The number of rotatable bonds is 5. The van der Waals surface area contributed by atoms with Gasteiger partial charge in [-0.25, -0.2) is 9.97 Å². The Kier molecular flexibility index (Phi) is 4.89. The first-order chi connectivity index (χ1) is 12.7. The molecule has 0 bridgehead atoms. The number of aryl methyl sites for hydroxylation is 1. The summed E-state index contributed by atoms with van der Waals surface area (Å²) in [5, 5.41) is 3.32. The first-order valence-corrected chi connectivity index (χ1v) is 9.47. The molecular weight excluding hydrogens is 324 g/mol. The average Bonchev–Trinajstić information content (AvgIpc) is 3.09. The molecule has 5 nitrogen and oxygen atoms in total. The van der Waals surface area contributed by atoms with Crippen LogP contribution in [-0.2, 0) is 0 Å². The molecule has 136 valence electrons. The summed E-state index contributed by atoms with van der Waals surface area (Å²) in [6.45, 7) is 7.63. The third-order valence-corrected chi connectivity index (χ3v) is 5.02. The van der Waals surface area contributed by atoms with Crippen molar-refractivity contribution in [3.05, 3.63) is 53.0 Å². The van der Waals surface area contributed by atoms with Crippen LogP contribution >= 0.6 is 0 Å². The highest BCUT2D eigenvalue weighted by atomic mass is 16.5. The molecule has 26 heavy (non-hydrogen) atoms. The van der Waals surface area contributed by atoms with Crippen LogP contribution in [-0.4, -0.2) is 41.1 Å². The van der Waals surface area contributed by atoms with Crippen LogP contribution < -0.4 is 10.1 Å². The van der Waals surface area contributed by atoms with E-state index in [0.717, 1.165) is 49.1 Å². The van der Waals surface area contributed by atoms with Gasteiger partial charge in [-0.1, -0.05) is 18.2 Å². The lowest BCUT2D eigenvalue weighted by Gasteiger charge is -2.27. The van der Waals surface area contributed by atoms with E-state index in [0.29, 0.717) is 12.6 Å². The van der Waals surface area contributed by atoms with Crippen molar-refractivity contribution >= 4 is 11.9 Å². The Bertz CT molecular complexity index is 817. The molecule has 0 radical (unpaired) electrons. The van der Waals surface area contributed by atoms with Gasteiger partial charge < -0.3 is 10.1 Å². The van der Waals surface area contributed by atoms with E-state index < -0.39 is 0 Å². The molecule has 0 aliphatic carbocycles. The molecule has 2 aromatic rings. The normalized spacial score (nSPS) is 19.6. The fraction of sp³-hybridized carbons (Fsp3) is 0.429. The maximum Gasteiger partial charge on any atom is 0.129 e. The highest BCUT2D eigenvalue weighted by molar-refractivity contribution is 5.62. The quantitative estimate of drug-likeness (QED) is 0.888. The zero-order chi connectivity index (χ0) is 17.9. The molecule has 0 spiro atoms. The molecular formula is C21H26N4O. The second-order valence-electron chi connectivity index (χ2n) is 7.01. The lowest BCUT2D eigenvalue weighted by atomic mass is 10.1. The number of likely N-dealkylation sites (tertiary alicyclic amines) is 1. The third-order valence-electron chi connectivity index (χ3n) is 5.02. The van der Waals surface area contributed by atoms with Crippen LogP contribution in [0, 0.1) is 6.92 Å². The fourth-order valence-electron chi connectivity index (χ4n) is 3.90. The van der Waals surface area contributed by atoms with Gasteiger partial charge >= 0.3 is 0 Å². The molecule has 1 saturated heterocycles. The van der Waals surface area contributed by atoms with Crippen LogP contribution in [0.5, 0.6) is 5.75 Å². The Balaban J connectivity index is 1.54. The van der Waals surface area contributed by atoms with Gasteiger partial charge in [-0.15, -0.1) is 0 Å². The number of fused-ring (bicyclic) bond motifs is 1. The van der Waals surface area contributed by atoms with Crippen LogP contribution in [0.15, 0.2) is 35.9 Å². The SMILES string of the molecule is CCNc1cc(C2CCCN2CC2=Cc3ccccc3OC2)nc(C)n1. The van der Waals surface area contributed by atoms with Gasteiger partial charge in [0.15, 0.2) is 0 Å². The zero-order valence-corrected chi connectivity index (χ0v) is 15.5. The van der Waals surface area contributed by atoms with Crippen molar-refractivity contribution in [2.75, 3.05) is 31.6 Å². The molecule has 4 rings (SSSR count). The molecule has 0 saturated carbocycles. The Labute approximate surface area is 155 Å². The van der Waals surface area contributed by atoms with Gasteiger partial charge in [0.2, 0.25) is 0 Å². The van der Waals surface area contributed by atoms with E-state index in [-0.39, 0.29) is 0 Å². The van der Waals surface area contributed by atoms with E-state index in [1.165, 1.54) is 17.6 Å². The van der Waals surface area contributed by atoms with Crippen LogP contribution in [0.2, 0.25) is 0 Å². The molecule has 1 fully saturated rings. The van der Waals surface area contributed by atoms with Crippen molar-refractivity contribution < 1.29 is 4.74 Å². The van der Waals surface area contributed by atoms with E-state index >= 15 is 0 Å². The summed E-state index contributed by atoms with van der Waals surface area (Å²) < 4.78 is 5.93. The summed E-state index contributed by atoms with van der Waals surface area (Å²) in [4.78, 5) is 11.8. The van der Waals surface area contributed by atoms with Gasteiger partial charge in [-0.05, 0) is 50.9 Å². The molecule has 1 unspecified atom stereocenters. The topological polar surface area (TPSA) is 50.3 Å². The Morgan fingerprint density at radius 1 is 1.27 bits per heavy atom. The molecule has 1 N–H and O–H groups in total. The third kappa shape index (κ3) is 3.58. The smallest absolute Gasteiger partial charge is 0.129 e. The van der Waals surface area contributed by atoms with Gasteiger partial charge in [0, 0.05) is 24.7 Å². The van der Waals surface area contributed by atoms with Gasteiger partial charge in [0.25, 0.3) is 0 Å². The highest BCUT2D eigenvalue weighted by Gasteiger charge is 2.29. The number of benzene rings is 1. The van der Waals surface area contributed by atoms with Crippen LogP contribution in [0.4, 0.5) is 5.82 Å². The summed E-state index contributed by atoms with van der Waals surface area (Å²) >= 11 is 0. The van der Waals surface area contributed by atoms with E-state index in [1.807, 2.05) is 19.1 Å². The highest BCUT2D eigenvalue weighted by Crippen LogP contribution is 2.34. The van der Waals surface area contributed by atoms with Gasteiger partial charge in [0.05, 0.1) is 11.7 Å². The largest absolute Gasteiger partial charge is 0.489 e. The van der Waals surface area contributed by atoms with Gasteiger partial charge in [-0.2, -0.15) is 0 Å². The van der Waals surface area contributed by atoms with Crippen molar-refractivity contribution in [2.45, 2.75) is 32.7 Å². The minimum Gasteiger partial charge on any atom is -0.489 e. The van der Waals surface area contributed by atoms with Crippen molar-refractivity contribution in [1.29, 1.82) is 0 Å². The summed E-state index contributed by atoms with van der Waals surface area (Å²) in [5.74, 6) is 2.74. The molecule has 1 aromatic carbocycles. The first-order valence-electron chi connectivity index (χ1n) is 9.47. The fourth-order valence-corrected chi connectivity index (χ4v) is 3.90. The molecule has 5 heteroatoms. The zero-order valence-electron chi connectivity index (χ0n) is 15.5. The molecule has 1 atom stereocenters. The molecule has 3 heterocycles. The maximum atomic E-state index is 5.93. The predicted octanol–water partition coefficient (Wildman–Crippen LogP) is 3.83. The van der Waals surface area contributed by atoms with Crippen molar-refractivity contribution in [3.63, 3.8) is 0 Å². The number of nitrogens with one attached hydrogen (secondary N) is 1. The Morgan fingerprint density at radius 2 is 2.15 bits per heavy atom. The van der Waals surface area contributed by atoms with E-state index in [1.54, 1.807) is 0 Å². The number of hydrogen-bond acceptors (Lipinski definition) is 5. The second-order valence-corrected chi connectivity index (χ2v) is 7.01.